The number of ketones is 1. The van der Waals surface area contributed by atoms with Gasteiger partial charge in [-0.2, -0.15) is 0 Å². The minimum absolute atomic E-state index is 0.0446. The second-order valence-electron chi connectivity index (χ2n) is 15.6. The first-order valence-electron chi connectivity index (χ1n) is 19.6. The zero-order valence-electron chi connectivity index (χ0n) is 32.8. The van der Waals surface area contributed by atoms with Gasteiger partial charge in [-0.3, -0.25) is 58.0 Å². The molecule has 0 aromatic carbocycles. The van der Waals surface area contributed by atoms with E-state index in [1.807, 2.05) is 19.6 Å². The van der Waals surface area contributed by atoms with Crippen LogP contribution in [0.25, 0.3) is 0 Å². The highest BCUT2D eigenvalue weighted by molar-refractivity contribution is 6.43. The molecule has 57 heavy (non-hydrogen) atoms. The van der Waals surface area contributed by atoms with E-state index in [4.69, 9.17) is 14.2 Å². The number of esters is 3. The van der Waals surface area contributed by atoms with Gasteiger partial charge in [0.25, 0.3) is 0 Å². The summed E-state index contributed by atoms with van der Waals surface area (Å²) in [6.07, 6.45) is -0.0868. The van der Waals surface area contributed by atoms with E-state index in [0.29, 0.717) is 58.7 Å². The minimum Gasteiger partial charge on any atom is -0.426 e. The van der Waals surface area contributed by atoms with Crippen molar-refractivity contribution in [3.63, 3.8) is 0 Å². The average molecular weight is 807 g/mol. The van der Waals surface area contributed by atoms with Gasteiger partial charge >= 0.3 is 31.0 Å². The van der Waals surface area contributed by atoms with Gasteiger partial charge in [0, 0.05) is 65.3 Å². The zero-order chi connectivity index (χ0) is 41.4. The topological polar surface area (TPSA) is 257 Å². The lowest BCUT2D eigenvalue weighted by Crippen LogP contribution is -2.57. The van der Waals surface area contributed by atoms with Gasteiger partial charge in [-0.05, 0) is 32.1 Å². The summed E-state index contributed by atoms with van der Waals surface area (Å²) in [4.78, 5) is 115. The Morgan fingerprint density at radius 3 is 1.95 bits per heavy atom. The number of carbonyl (C=O) groups is 8. The van der Waals surface area contributed by atoms with Crippen LogP contribution in [0.5, 0.6) is 0 Å². The van der Waals surface area contributed by atoms with E-state index in [0.717, 1.165) is 0 Å². The highest BCUT2D eigenvalue weighted by Crippen LogP contribution is 2.27. The maximum atomic E-state index is 14.0. The Balaban J connectivity index is 1.24. The van der Waals surface area contributed by atoms with E-state index in [9.17, 15) is 48.4 Å². The predicted octanol–water partition coefficient (Wildman–Crippen LogP) is -4.60. The number of hydrogen-bond donors (Lipinski definition) is 5. The molecule has 5 rings (SSSR count). The standard InChI is InChI=1S/C35H55BN8O13/c1-22(2)31(32(50)38-23(3)33(51)44-8-4-5-26(44)36(53)54)39-28(47)18-37-27(46)7-6-25-34(52)57-35-17-24(45)19-40-9-11-41(20-29(48)55-35)13-15-43(25)16-14-42(12-10-40)21-30(49)56-35/h22-23,25-26,31,53-54H,4-21H2,1-3H3,(H,37,46)(H,38,50)(H,39,47)/t23-,25+,26+,31+/m1/s1. The Labute approximate surface area is 331 Å². The van der Waals surface area contributed by atoms with E-state index in [1.165, 1.54) is 11.8 Å². The maximum Gasteiger partial charge on any atom is 0.475 e. The average Bonchev–Trinajstić information content (AvgIpc) is 3.61. The number of fused-ring (bicyclic) bond motifs is 12. The van der Waals surface area contributed by atoms with E-state index >= 15 is 0 Å². The molecule has 5 saturated heterocycles. The maximum absolute atomic E-state index is 14.0. The molecule has 0 aromatic heterocycles. The van der Waals surface area contributed by atoms with Crippen LogP contribution in [0.15, 0.2) is 0 Å². The molecule has 21 nitrogen and oxygen atoms in total. The summed E-state index contributed by atoms with van der Waals surface area (Å²) in [5, 5.41) is 27.0. The fourth-order valence-electron chi connectivity index (χ4n) is 7.79. The SMILES string of the molecule is CC(C)[C@H](NC(=O)CNC(=O)CC[C@H]1C(=O)OC23CC(=O)CN4CCN(CCN1CCN(CC4)CC(=O)O2)CC(=O)O3)C(=O)N[C@H](C)C(=O)N1CCC[C@H]1B(O)O. The third-order valence-corrected chi connectivity index (χ3v) is 10.9. The molecule has 22 heteroatoms. The monoisotopic (exact) mass is 806 g/mol. The van der Waals surface area contributed by atoms with Gasteiger partial charge in [0.2, 0.25) is 23.6 Å². The number of nitrogens with one attached hydrogen (secondary N) is 3. The molecule has 5 heterocycles. The number of ether oxygens (including phenoxy) is 3. The second-order valence-corrected chi connectivity index (χ2v) is 15.6. The van der Waals surface area contributed by atoms with Crippen molar-refractivity contribution in [1.29, 1.82) is 0 Å². The van der Waals surface area contributed by atoms with Crippen LogP contribution < -0.4 is 16.0 Å². The van der Waals surface area contributed by atoms with Crippen LogP contribution in [0.3, 0.4) is 0 Å². The number of carbonyl (C=O) groups excluding carboxylic acids is 8. The first-order chi connectivity index (χ1) is 27.0. The van der Waals surface area contributed by atoms with Crippen LogP contribution in [-0.4, -0.2) is 204 Å². The summed E-state index contributed by atoms with van der Waals surface area (Å²) in [6.45, 7) is 7.20. The highest BCUT2D eigenvalue weighted by atomic mass is 16.9. The molecule has 1 spiro atoms. The Bertz CT molecular complexity index is 1500. The highest BCUT2D eigenvalue weighted by Gasteiger charge is 2.49. The van der Waals surface area contributed by atoms with E-state index < -0.39 is 103 Å². The number of rotatable bonds is 11. The van der Waals surface area contributed by atoms with Gasteiger partial charge in [0.1, 0.15) is 24.5 Å². The smallest absolute Gasteiger partial charge is 0.426 e. The number of nitrogens with zero attached hydrogens (tertiary/aromatic N) is 5. The summed E-state index contributed by atoms with van der Waals surface area (Å²) in [7, 11) is -1.71. The van der Waals surface area contributed by atoms with Gasteiger partial charge < -0.3 is 45.1 Å². The number of likely N-dealkylation sites (tertiary alicyclic amines) is 1. The van der Waals surface area contributed by atoms with Crippen LogP contribution in [0.1, 0.15) is 52.9 Å². The molecule has 5 aliphatic heterocycles. The molecule has 6 atom stereocenters. The lowest BCUT2D eigenvalue weighted by Gasteiger charge is -2.35. The normalized spacial score (nSPS) is 30.6. The predicted molar refractivity (Wildman–Crippen MR) is 197 cm³/mol. The van der Waals surface area contributed by atoms with Crippen molar-refractivity contribution in [3.8, 4) is 0 Å². The molecule has 0 aromatic rings. The van der Waals surface area contributed by atoms with Crippen molar-refractivity contribution in [1.82, 2.24) is 40.4 Å². The molecular formula is C35H55BN8O13. The van der Waals surface area contributed by atoms with Crippen molar-refractivity contribution in [2.24, 2.45) is 5.92 Å². The molecule has 5 N–H and O–H groups in total. The van der Waals surface area contributed by atoms with Crippen LogP contribution >= 0.6 is 0 Å². The van der Waals surface area contributed by atoms with Crippen molar-refractivity contribution in [2.45, 2.75) is 82.9 Å². The fourth-order valence-corrected chi connectivity index (χ4v) is 7.79. The van der Waals surface area contributed by atoms with E-state index in [1.54, 1.807) is 13.8 Å². The van der Waals surface area contributed by atoms with Crippen LogP contribution in [0.4, 0.5) is 0 Å². The van der Waals surface area contributed by atoms with E-state index in [-0.39, 0.29) is 45.6 Å². The molecule has 316 valence electrons. The van der Waals surface area contributed by atoms with Crippen molar-refractivity contribution in [2.75, 3.05) is 85.1 Å². The van der Waals surface area contributed by atoms with Crippen molar-refractivity contribution >= 4 is 54.4 Å². The van der Waals surface area contributed by atoms with E-state index in [2.05, 4.69) is 16.0 Å². The quantitative estimate of drug-likeness (QED) is 0.0973. The molecule has 0 radical (unpaired) electrons. The van der Waals surface area contributed by atoms with Crippen LogP contribution in [0.2, 0.25) is 0 Å². The van der Waals surface area contributed by atoms with Crippen LogP contribution in [0, 0.1) is 5.92 Å². The van der Waals surface area contributed by atoms with Gasteiger partial charge in [-0.1, -0.05) is 13.8 Å². The summed E-state index contributed by atoms with van der Waals surface area (Å²) in [5.74, 6) is -9.37. The lowest BCUT2D eigenvalue weighted by atomic mass is 9.78. The summed E-state index contributed by atoms with van der Waals surface area (Å²) in [6, 6.07) is -3.19. The number of Topliss-reactive ketones (excluding diaryl/α,β-unsaturated/α-hetero) is 1. The Morgan fingerprint density at radius 2 is 1.37 bits per heavy atom. The first kappa shape index (κ1) is 43.9. The lowest BCUT2D eigenvalue weighted by molar-refractivity contribution is -0.329. The Morgan fingerprint density at radius 1 is 0.789 bits per heavy atom. The Hall–Kier alpha value is -4.22. The number of hydrogen-bond acceptors (Lipinski definition) is 17. The van der Waals surface area contributed by atoms with Gasteiger partial charge in [-0.25, -0.2) is 0 Å². The first-order valence-corrected chi connectivity index (χ1v) is 19.6. The third kappa shape index (κ3) is 11.9. The summed E-state index contributed by atoms with van der Waals surface area (Å²) < 4.78 is 16.9. The molecule has 4 amide bonds. The Kier molecular flexibility index (Phi) is 15.0. The second kappa shape index (κ2) is 19.5. The molecule has 5 bridgehead atoms. The van der Waals surface area contributed by atoms with Gasteiger partial charge in [0.15, 0.2) is 5.78 Å². The summed E-state index contributed by atoms with van der Waals surface area (Å²) >= 11 is 0. The van der Waals surface area contributed by atoms with Crippen LogP contribution in [-0.2, 0) is 52.6 Å². The molecule has 0 saturated carbocycles. The van der Waals surface area contributed by atoms with Crippen molar-refractivity contribution in [3.05, 3.63) is 0 Å². The largest absolute Gasteiger partial charge is 0.475 e. The molecule has 2 unspecified atom stereocenters. The zero-order valence-corrected chi connectivity index (χ0v) is 32.8. The number of amides is 4. The molecular weight excluding hydrogens is 751 g/mol. The van der Waals surface area contributed by atoms with Gasteiger partial charge in [-0.15, -0.1) is 0 Å². The summed E-state index contributed by atoms with van der Waals surface area (Å²) in [5.41, 5.74) is 0. The molecule has 5 aliphatic rings. The minimum atomic E-state index is -2.65. The third-order valence-electron chi connectivity index (χ3n) is 10.9. The molecule has 5 fully saturated rings. The van der Waals surface area contributed by atoms with Gasteiger partial charge in [0.05, 0.1) is 32.1 Å². The van der Waals surface area contributed by atoms with Crippen molar-refractivity contribution < 1.29 is 62.6 Å². The molecule has 0 aliphatic carbocycles. The fraction of sp³-hybridized carbons (Fsp3) is 0.771.